The van der Waals surface area contributed by atoms with E-state index >= 15 is 0 Å². The lowest BCUT2D eigenvalue weighted by molar-refractivity contribution is 0.251. The molecule has 0 fully saturated rings. The number of hydrogen-bond donors (Lipinski definition) is 0. The van der Waals surface area contributed by atoms with Gasteiger partial charge in [-0.05, 0) is 6.92 Å². The molecule has 0 saturated heterocycles. The highest BCUT2D eigenvalue weighted by Crippen LogP contribution is 1.88. The molecule has 1 rings (SSSR count). The van der Waals surface area contributed by atoms with E-state index in [4.69, 9.17) is 0 Å². The Balaban J connectivity index is 2.67. The molecule has 1 radical (unpaired) electrons. The molecule has 1 aliphatic heterocycles. The van der Waals surface area contributed by atoms with Gasteiger partial charge in [0.1, 0.15) is 0 Å². The molecule has 0 aromatic carbocycles. The van der Waals surface area contributed by atoms with Crippen LogP contribution >= 0.6 is 0 Å². The Morgan fingerprint density at radius 3 is 2.57 bits per heavy atom. The Hall–Kier alpha value is -0.860. The van der Waals surface area contributed by atoms with Crippen LogP contribution in [0.1, 0.15) is 6.92 Å². The van der Waals surface area contributed by atoms with Gasteiger partial charge in [0, 0.05) is 5.71 Å². The van der Waals surface area contributed by atoms with Crippen LogP contribution in [0.15, 0.2) is 4.99 Å². The van der Waals surface area contributed by atoms with Crippen LogP contribution in [0.2, 0.25) is 0 Å². The van der Waals surface area contributed by atoms with Crippen molar-refractivity contribution in [3.8, 4) is 0 Å². The van der Waals surface area contributed by atoms with E-state index in [-0.39, 0.29) is 6.03 Å². The monoisotopic (exact) mass is 97.0 g/mol. The fraction of sp³-hybridized carbons (Fsp3) is 0.500. The Morgan fingerprint density at radius 2 is 2.43 bits per heavy atom. The maximum absolute atomic E-state index is 10.1. The van der Waals surface area contributed by atoms with E-state index < -0.39 is 0 Å². The molecule has 3 heteroatoms. The largest absolute Gasteiger partial charge is 0.362 e. The summed E-state index contributed by atoms with van der Waals surface area (Å²) in [6, 6.07) is -0.336. The first-order valence-corrected chi connectivity index (χ1v) is 2.04. The normalized spacial score (nSPS) is 19.0. The molecule has 1 aliphatic rings. The number of urea groups is 1. The number of hydrogen-bond acceptors (Lipinski definition) is 1. The van der Waals surface area contributed by atoms with E-state index in [2.05, 4.69) is 10.3 Å². The maximum Gasteiger partial charge on any atom is 0.362 e. The molecule has 0 N–H and O–H groups in total. The molecule has 0 unspecified atom stereocenters. The van der Waals surface area contributed by atoms with Crippen LogP contribution in [0.25, 0.3) is 0 Å². The Bertz CT molecular complexity index is 128. The average molecular weight is 97.1 g/mol. The van der Waals surface area contributed by atoms with Crippen molar-refractivity contribution in [2.45, 2.75) is 6.92 Å². The molecule has 0 saturated carbocycles. The van der Waals surface area contributed by atoms with Crippen LogP contribution in [0.5, 0.6) is 0 Å². The van der Waals surface area contributed by atoms with Gasteiger partial charge in [0.25, 0.3) is 0 Å². The van der Waals surface area contributed by atoms with Gasteiger partial charge in [-0.3, -0.25) is 0 Å². The number of rotatable bonds is 0. The molecule has 0 aromatic heterocycles. The Kier molecular flexibility index (Phi) is 0.817. The molecular weight excluding hydrogens is 92.1 g/mol. The van der Waals surface area contributed by atoms with Crippen molar-refractivity contribution in [2.75, 3.05) is 6.54 Å². The highest BCUT2D eigenvalue weighted by Gasteiger charge is 2.08. The first-order valence-electron chi connectivity index (χ1n) is 2.04. The minimum absolute atomic E-state index is 0.336. The standard InChI is InChI=1S/C4H5N2O/c1-3-2-5-4(7)6-3/h2H2,1H3. The van der Waals surface area contributed by atoms with E-state index in [1.54, 1.807) is 6.92 Å². The molecule has 0 spiro atoms. The lowest BCUT2D eigenvalue weighted by atomic mass is 10.4. The summed E-state index contributed by atoms with van der Waals surface area (Å²) in [7, 11) is 0. The topological polar surface area (TPSA) is 43.5 Å². The van der Waals surface area contributed by atoms with Crippen LogP contribution in [0, 0.1) is 0 Å². The highest BCUT2D eigenvalue weighted by molar-refractivity contribution is 6.00. The van der Waals surface area contributed by atoms with Crippen LogP contribution in [-0.4, -0.2) is 18.3 Å². The molecule has 0 aromatic rings. The summed E-state index contributed by atoms with van der Waals surface area (Å²) in [5, 5.41) is 3.47. The van der Waals surface area contributed by atoms with Crippen LogP contribution in [0.4, 0.5) is 4.79 Å². The summed E-state index contributed by atoms with van der Waals surface area (Å²) >= 11 is 0. The summed E-state index contributed by atoms with van der Waals surface area (Å²) in [5.74, 6) is 0. The van der Waals surface area contributed by atoms with Gasteiger partial charge in [0.2, 0.25) is 0 Å². The second kappa shape index (κ2) is 1.33. The molecule has 0 bridgehead atoms. The van der Waals surface area contributed by atoms with Gasteiger partial charge in [-0.25, -0.2) is 10.1 Å². The zero-order valence-electron chi connectivity index (χ0n) is 4.01. The predicted molar refractivity (Wildman–Crippen MR) is 25.5 cm³/mol. The van der Waals surface area contributed by atoms with Crippen LogP contribution < -0.4 is 5.32 Å². The molecule has 3 nitrogen and oxygen atoms in total. The number of nitrogens with zero attached hydrogens (tertiary/aromatic N) is 2. The quantitative estimate of drug-likeness (QED) is 0.425. The highest BCUT2D eigenvalue weighted by atomic mass is 16.2. The first-order chi connectivity index (χ1) is 3.29. The van der Waals surface area contributed by atoms with Crippen LogP contribution in [-0.2, 0) is 0 Å². The van der Waals surface area contributed by atoms with E-state index in [9.17, 15) is 4.79 Å². The minimum atomic E-state index is -0.336. The molecule has 37 valence electrons. The van der Waals surface area contributed by atoms with E-state index in [0.717, 1.165) is 5.71 Å². The molecule has 0 atom stereocenters. The fourth-order valence-corrected chi connectivity index (χ4v) is 0.416. The Morgan fingerprint density at radius 1 is 1.71 bits per heavy atom. The van der Waals surface area contributed by atoms with Crippen molar-refractivity contribution in [1.82, 2.24) is 5.32 Å². The molecule has 1 heterocycles. The van der Waals surface area contributed by atoms with Gasteiger partial charge in [-0.1, -0.05) is 0 Å². The van der Waals surface area contributed by atoms with Gasteiger partial charge in [0.15, 0.2) is 0 Å². The fourth-order valence-electron chi connectivity index (χ4n) is 0.416. The lowest BCUT2D eigenvalue weighted by Crippen LogP contribution is -2.05. The van der Waals surface area contributed by atoms with E-state index in [0.29, 0.717) is 6.54 Å². The third kappa shape index (κ3) is 0.765. The van der Waals surface area contributed by atoms with Crippen molar-refractivity contribution in [3.05, 3.63) is 0 Å². The van der Waals surface area contributed by atoms with Crippen molar-refractivity contribution < 1.29 is 4.79 Å². The first kappa shape index (κ1) is 4.30. The number of carbonyl (C=O) groups excluding carboxylic acids is 1. The molecule has 7 heavy (non-hydrogen) atoms. The summed E-state index contributed by atoms with van der Waals surface area (Å²) < 4.78 is 0. The summed E-state index contributed by atoms with van der Waals surface area (Å²) in [6.45, 7) is 2.28. The minimum Gasteiger partial charge on any atom is -0.244 e. The van der Waals surface area contributed by atoms with E-state index in [1.165, 1.54) is 0 Å². The summed E-state index contributed by atoms with van der Waals surface area (Å²) in [6.07, 6.45) is 0. The van der Waals surface area contributed by atoms with Gasteiger partial charge in [-0.15, -0.1) is 0 Å². The van der Waals surface area contributed by atoms with Gasteiger partial charge in [0.05, 0.1) is 6.54 Å². The number of carbonyl (C=O) groups is 1. The van der Waals surface area contributed by atoms with Crippen LogP contribution in [0.3, 0.4) is 0 Å². The third-order valence-electron chi connectivity index (χ3n) is 0.730. The van der Waals surface area contributed by atoms with Gasteiger partial charge in [-0.2, -0.15) is 4.99 Å². The molecule has 0 aliphatic carbocycles. The third-order valence-corrected chi connectivity index (χ3v) is 0.730. The second-order valence-corrected chi connectivity index (χ2v) is 1.45. The number of amides is 2. The smallest absolute Gasteiger partial charge is 0.244 e. The lowest BCUT2D eigenvalue weighted by Gasteiger charge is -1.76. The Labute approximate surface area is 41.4 Å². The SMILES string of the molecule is CC1=NC(=O)[N]C1. The van der Waals surface area contributed by atoms with Crippen molar-refractivity contribution in [1.29, 1.82) is 0 Å². The summed E-state index contributed by atoms with van der Waals surface area (Å²) in [4.78, 5) is 13.6. The second-order valence-electron chi connectivity index (χ2n) is 1.45. The van der Waals surface area contributed by atoms with Gasteiger partial charge < -0.3 is 0 Å². The average Bonchev–Trinajstić information content (AvgIpc) is 1.87. The predicted octanol–water partition coefficient (Wildman–Crippen LogP) is 0.185. The zero-order chi connectivity index (χ0) is 5.28. The van der Waals surface area contributed by atoms with Crippen molar-refractivity contribution in [3.63, 3.8) is 0 Å². The number of aliphatic imine (C=N–C) groups is 1. The molecule has 2 amide bonds. The van der Waals surface area contributed by atoms with Gasteiger partial charge >= 0.3 is 6.03 Å². The maximum atomic E-state index is 10.1. The van der Waals surface area contributed by atoms with Crippen molar-refractivity contribution >= 4 is 11.7 Å². The summed E-state index contributed by atoms with van der Waals surface area (Å²) in [5.41, 5.74) is 0.810. The van der Waals surface area contributed by atoms with E-state index in [1.807, 2.05) is 0 Å². The van der Waals surface area contributed by atoms with Crippen molar-refractivity contribution in [2.24, 2.45) is 4.99 Å². The zero-order valence-corrected chi connectivity index (χ0v) is 4.01. The molecular formula is C4H5N2O.